The summed E-state index contributed by atoms with van der Waals surface area (Å²) in [5.74, 6) is 0.285. The van der Waals surface area contributed by atoms with Crippen LogP contribution in [0.2, 0.25) is 0 Å². The third-order valence-electron chi connectivity index (χ3n) is 3.63. The van der Waals surface area contributed by atoms with Gasteiger partial charge in [0.25, 0.3) is 0 Å². The standard InChI is InChI=1S/C19H19N3O4/c1-13(23)22(17-8-7-16(25-2)10-18(17)26-3)12-19(24)21-15-6-4-5-14(9-15)11-20/h4-10H,12H2,1-3H3,(H,21,24). The molecule has 2 aromatic rings. The minimum absolute atomic E-state index is 0.200. The van der Waals surface area contributed by atoms with Crippen LogP contribution in [-0.2, 0) is 9.59 Å². The number of carbonyl (C=O) groups is 2. The second kappa shape index (κ2) is 8.53. The van der Waals surface area contributed by atoms with Gasteiger partial charge in [-0.2, -0.15) is 5.26 Å². The average molecular weight is 353 g/mol. The van der Waals surface area contributed by atoms with Gasteiger partial charge in [0.15, 0.2) is 0 Å². The molecule has 2 rings (SSSR count). The van der Waals surface area contributed by atoms with Crippen molar-refractivity contribution in [1.82, 2.24) is 0 Å². The second-order valence-electron chi connectivity index (χ2n) is 5.38. The van der Waals surface area contributed by atoms with Crippen LogP contribution < -0.4 is 19.7 Å². The van der Waals surface area contributed by atoms with Crippen LogP contribution >= 0.6 is 0 Å². The van der Waals surface area contributed by atoms with E-state index < -0.39 is 5.91 Å². The van der Waals surface area contributed by atoms with Crippen LogP contribution in [0.25, 0.3) is 0 Å². The molecule has 0 radical (unpaired) electrons. The monoisotopic (exact) mass is 353 g/mol. The lowest BCUT2D eigenvalue weighted by Gasteiger charge is -2.23. The Morgan fingerprint density at radius 2 is 1.92 bits per heavy atom. The summed E-state index contributed by atoms with van der Waals surface area (Å²) in [4.78, 5) is 25.7. The lowest BCUT2D eigenvalue weighted by Crippen LogP contribution is -2.36. The highest BCUT2D eigenvalue weighted by atomic mass is 16.5. The van der Waals surface area contributed by atoms with Gasteiger partial charge in [0.1, 0.15) is 18.0 Å². The fourth-order valence-corrected chi connectivity index (χ4v) is 2.38. The number of hydrogen-bond donors (Lipinski definition) is 1. The van der Waals surface area contributed by atoms with Crippen molar-refractivity contribution < 1.29 is 19.1 Å². The Morgan fingerprint density at radius 3 is 2.54 bits per heavy atom. The Hall–Kier alpha value is -3.53. The van der Waals surface area contributed by atoms with Crippen molar-refractivity contribution in [3.05, 3.63) is 48.0 Å². The van der Waals surface area contributed by atoms with Gasteiger partial charge in [0, 0.05) is 18.7 Å². The zero-order chi connectivity index (χ0) is 19.1. The van der Waals surface area contributed by atoms with Gasteiger partial charge in [0.05, 0.1) is 31.5 Å². The Balaban J connectivity index is 2.21. The fraction of sp³-hybridized carbons (Fsp3) is 0.211. The molecule has 0 atom stereocenters. The third kappa shape index (κ3) is 4.51. The largest absolute Gasteiger partial charge is 0.497 e. The van der Waals surface area contributed by atoms with Crippen molar-refractivity contribution in [3.63, 3.8) is 0 Å². The van der Waals surface area contributed by atoms with Gasteiger partial charge in [-0.15, -0.1) is 0 Å². The molecule has 0 saturated heterocycles. The summed E-state index contributed by atoms with van der Waals surface area (Å²) in [6.07, 6.45) is 0. The predicted octanol–water partition coefficient (Wildman–Crippen LogP) is 2.57. The van der Waals surface area contributed by atoms with Gasteiger partial charge >= 0.3 is 0 Å². The van der Waals surface area contributed by atoms with Crippen LogP contribution in [0.5, 0.6) is 11.5 Å². The van der Waals surface area contributed by atoms with E-state index in [0.717, 1.165) is 0 Å². The van der Waals surface area contributed by atoms with E-state index in [1.165, 1.54) is 26.0 Å². The van der Waals surface area contributed by atoms with Crippen molar-refractivity contribution >= 4 is 23.2 Å². The van der Waals surface area contributed by atoms with E-state index in [-0.39, 0.29) is 12.5 Å². The topological polar surface area (TPSA) is 91.7 Å². The van der Waals surface area contributed by atoms with Gasteiger partial charge in [-0.1, -0.05) is 6.07 Å². The van der Waals surface area contributed by atoms with Crippen molar-refractivity contribution in [1.29, 1.82) is 5.26 Å². The summed E-state index contributed by atoms with van der Waals surface area (Å²) >= 11 is 0. The summed E-state index contributed by atoms with van der Waals surface area (Å²) in [5, 5.41) is 11.6. The number of ether oxygens (including phenoxy) is 2. The van der Waals surface area contributed by atoms with Crippen molar-refractivity contribution in [2.45, 2.75) is 6.92 Å². The molecular weight excluding hydrogens is 334 g/mol. The van der Waals surface area contributed by atoms with E-state index in [1.54, 1.807) is 42.5 Å². The molecule has 2 aromatic carbocycles. The Kier molecular flexibility index (Phi) is 6.17. The molecule has 134 valence electrons. The smallest absolute Gasteiger partial charge is 0.244 e. The van der Waals surface area contributed by atoms with Crippen LogP contribution in [0.1, 0.15) is 12.5 Å². The SMILES string of the molecule is COc1ccc(N(CC(=O)Nc2cccc(C#N)c2)C(C)=O)c(OC)c1. The second-order valence-corrected chi connectivity index (χ2v) is 5.38. The van der Waals surface area contributed by atoms with Crippen LogP contribution in [-0.4, -0.2) is 32.6 Å². The summed E-state index contributed by atoms with van der Waals surface area (Å²) in [7, 11) is 3.00. The summed E-state index contributed by atoms with van der Waals surface area (Å²) in [6.45, 7) is 1.17. The van der Waals surface area contributed by atoms with Gasteiger partial charge in [-0.05, 0) is 30.3 Å². The van der Waals surface area contributed by atoms with Gasteiger partial charge < -0.3 is 14.8 Å². The molecule has 0 heterocycles. The lowest BCUT2D eigenvalue weighted by molar-refractivity contribution is -0.120. The predicted molar refractivity (Wildman–Crippen MR) is 97.4 cm³/mol. The third-order valence-corrected chi connectivity index (χ3v) is 3.63. The molecular formula is C19H19N3O4. The summed E-state index contributed by atoms with van der Waals surface area (Å²) in [5.41, 5.74) is 1.38. The number of methoxy groups -OCH3 is 2. The maximum atomic E-state index is 12.4. The van der Waals surface area contributed by atoms with E-state index in [0.29, 0.717) is 28.4 Å². The molecule has 0 fully saturated rings. The number of hydrogen-bond acceptors (Lipinski definition) is 5. The van der Waals surface area contributed by atoms with Crippen LogP contribution in [0.15, 0.2) is 42.5 Å². The Morgan fingerprint density at radius 1 is 1.15 bits per heavy atom. The van der Waals surface area contributed by atoms with Gasteiger partial charge in [-0.25, -0.2) is 0 Å². The fourth-order valence-electron chi connectivity index (χ4n) is 2.38. The molecule has 1 N–H and O–H groups in total. The van der Waals surface area contributed by atoms with Gasteiger partial charge in [-0.3, -0.25) is 14.5 Å². The number of amides is 2. The number of rotatable bonds is 6. The zero-order valence-corrected chi connectivity index (χ0v) is 14.8. The first-order valence-corrected chi connectivity index (χ1v) is 7.78. The molecule has 0 spiro atoms. The average Bonchev–Trinajstić information content (AvgIpc) is 2.65. The molecule has 0 aromatic heterocycles. The first kappa shape index (κ1) is 18.8. The van der Waals surface area contributed by atoms with Crippen molar-refractivity contribution in [2.24, 2.45) is 0 Å². The van der Waals surface area contributed by atoms with Crippen LogP contribution in [0.4, 0.5) is 11.4 Å². The molecule has 0 bridgehead atoms. The van der Waals surface area contributed by atoms with E-state index in [1.807, 2.05) is 6.07 Å². The normalized spacial score (nSPS) is 9.77. The number of anilines is 2. The maximum absolute atomic E-state index is 12.4. The quantitative estimate of drug-likeness (QED) is 0.862. The molecule has 0 saturated carbocycles. The van der Waals surface area contributed by atoms with Crippen LogP contribution in [0, 0.1) is 11.3 Å². The minimum atomic E-state index is -0.395. The number of nitrogens with one attached hydrogen (secondary N) is 1. The highest BCUT2D eigenvalue weighted by Crippen LogP contribution is 2.32. The molecule has 2 amide bonds. The summed E-state index contributed by atoms with van der Waals surface area (Å²) in [6, 6.07) is 13.5. The molecule has 0 aliphatic carbocycles. The van der Waals surface area contributed by atoms with Crippen LogP contribution in [0.3, 0.4) is 0 Å². The number of nitriles is 1. The number of nitrogens with zero attached hydrogens (tertiary/aromatic N) is 2. The first-order chi connectivity index (χ1) is 12.5. The van der Waals surface area contributed by atoms with Crippen molar-refractivity contribution in [3.8, 4) is 17.6 Å². The number of benzene rings is 2. The molecule has 26 heavy (non-hydrogen) atoms. The van der Waals surface area contributed by atoms with Gasteiger partial charge in [0.2, 0.25) is 11.8 Å². The van der Waals surface area contributed by atoms with E-state index >= 15 is 0 Å². The molecule has 0 aliphatic heterocycles. The number of carbonyl (C=O) groups excluding carboxylic acids is 2. The van der Waals surface area contributed by atoms with E-state index in [4.69, 9.17) is 14.7 Å². The molecule has 7 heteroatoms. The maximum Gasteiger partial charge on any atom is 0.244 e. The lowest BCUT2D eigenvalue weighted by atomic mass is 10.2. The van der Waals surface area contributed by atoms with E-state index in [2.05, 4.69) is 5.32 Å². The molecule has 0 unspecified atom stereocenters. The van der Waals surface area contributed by atoms with Crippen molar-refractivity contribution in [2.75, 3.05) is 31.0 Å². The zero-order valence-electron chi connectivity index (χ0n) is 14.8. The highest BCUT2D eigenvalue weighted by Gasteiger charge is 2.20. The Bertz CT molecular complexity index is 858. The minimum Gasteiger partial charge on any atom is -0.497 e. The Labute approximate surface area is 151 Å². The molecule has 0 aliphatic rings. The molecule has 7 nitrogen and oxygen atoms in total. The summed E-state index contributed by atoms with van der Waals surface area (Å²) < 4.78 is 10.5. The van der Waals surface area contributed by atoms with E-state index in [9.17, 15) is 9.59 Å². The highest BCUT2D eigenvalue weighted by molar-refractivity contribution is 6.02. The first-order valence-electron chi connectivity index (χ1n) is 7.78.